The third-order valence-corrected chi connectivity index (χ3v) is 4.41. The van der Waals surface area contributed by atoms with Gasteiger partial charge in [0.25, 0.3) is 0 Å². The van der Waals surface area contributed by atoms with E-state index in [4.69, 9.17) is 12.2 Å². The van der Waals surface area contributed by atoms with Gasteiger partial charge in [-0.1, -0.05) is 5.92 Å². The minimum Gasteiger partial charge on any atom is -0.329 e. The maximum Gasteiger partial charge on any atom is 0.0663 e. The average molecular weight is 287 g/mol. The standard InChI is InChI=1S/C11H15BrN2S/c1-4-7(2)14-10(6-13)11-5-9(12)8(3)15-11/h1,5,7,10,14H,6,13H2,2-3H3. The predicted octanol–water partition coefficient (Wildman–Crippen LogP) is 2.43. The molecule has 0 saturated carbocycles. The number of thiophene rings is 1. The molecule has 0 spiro atoms. The quantitative estimate of drug-likeness (QED) is 0.835. The summed E-state index contributed by atoms with van der Waals surface area (Å²) in [6.07, 6.45) is 5.33. The first-order chi connectivity index (χ1) is 7.08. The molecular weight excluding hydrogens is 272 g/mol. The van der Waals surface area contributed by atoms with E-state index in [2.05, 4.69) is 40.2 Å². The molecule has 0 aliphatic heterocycles. The minimum atomic E-state index is 0.0414. The second-order valence-electron chi connectivity index (χ2n) is 3.40. The average Bonchev–Trinajstić information content (AvgIpc) is 2.55. The molecule has 0 saturated heterocycles. The second-order valence-corrected chi connectivity index (χ2v) is 5.54. The molecule has 0 radical (unpaired) electrons. The molecule has 1 aromatic heterocycles. The molecule has 2 atom stereocenters. The summed E-state index contributed by atoms with van der Waals surface area (Å²) in [5.41, 5.74) is 5.73. The summed E-state index contributed by atoms with van der Waals surface area (Å²) in [6.45, 7) is 4.59. The molecule has 82 valence electrons. The van der Waals surface area contributed by atoms with E-state index < -0.39 is 0 Å². The summed E-state index contributed by atoms with van der Waals surface area (Å²) < 4.78 is 1.14. The Morgan fingerprint density at radius 2 is 2.40 bits per heavy atom. The van der Waals surface area contributed by atoms with Crippen molar-refractivity contribution in [2.24, 2.45) is 5.73 Å². The van der Waals surface area contributed by atoms with Crippen molar-refractivity contribution in [1.29, 1.82) is 0 Å². The van der Waals surface area contributed by atoms with E-state index >= 15 is 0 Å². The largest absolute Gasteiger partial charge is 0.329 e. The van der Waals surface area contributed by atoms with Crippen LogP contribution < -0.4 is 11.1 Å². The summed E-state index contributed by atoms with van der Waals surface area (Å²) in [5, 5.41) is 3.30. The first-order valence-corrected chi connectivity index (χ1v) is 6.37. The Bertz CT molecular complexity index is 348. The van der Waals surface area contributed by atoms with Gasteiger partial charge >= 0.3 is 0 Å². The lowest BCUT2D eigenvalue weighted by Gasteiger charge is -2.17. The molecule has 2 unspecified atom stereocenters. The lowest BCUT2D eigenvalue weighted by Crippen LogP contribution is -2.33. The number of halogens is 1. The molecule has 0 fully saturated rings. The van der Waals surface area contributed by atoms with Gasteiger partial charge < -0.3 is 5.73 Å². The SMILES string of the molecule is C#CC(C)NC(CN)c1cc(Br)c(C)s1. The number of terminal acetylenes is 1. The van der Waals surface area contributed by atoms with Gasteiger partial charge in [-0.05, 0) is 35.8 Å². The zero-order valence-electron chi connectivity index (χ0n) is 8.88. The van der Waals surface area contributed by atoms with Crippen molar-refractivity contribution >= 4 is 27.3 Å². The lowest BCUT2D eigenvalue weighted by molar-refractivity contribution is 0.525. The summed E-state index contributed by atoms with van der Waals surface area (Å²) in [5.74, 6) is 2.65. The van der Waals surface area contributed by atoms with E-state index in [1.54, 1.807) is 11.3 Å². The molecule has 1 heterocycles. The van der Waals surface area contributed by atoms with Gasteiger partial charge in [-0.25, -0.2) is 0 Å². The highest BCUT2D eigenvalue weighted by atomic mass is 79.9. The van der Waals surface area contributed by atoms with Crippen LogP contribution in [-0.4, -0.2) is 12.6 Å². The number of hydrogen-bond donors (Lipinski definition) is 2. The third-order valence-electron chi connectivity index (χ3n) is 2.16. The molecule has 0 aliphatic rings. The molecule has 0 amide bonds. The van der Waals surface area contributed by atoms with Gasteiger partial charge in [0.2, 0.25) is 0 Å². The van der Waals surface area contributed by atoms with E-state index in [-0.39, 0.29) is 12.1 Å². The molecular formula is C11H15BrN2S. The van der Waals surface area contributed by atoms with Crippen LogP contribution in [0.15, 0.2) is 10.5 Å². The fraction of sp³-hybridized carbons (Fsp3) is 0.455. The van der Waals surface area contributed by atoms with Gasteiger partial charge in [0.15, 0.2) is 0 Å². The summed E-state index contributed by atoms with van der Waals surface area (Å²) in [4.78, 5) is 2.49. The molecule has 0 aromatic carbocycles. The van der Waals surface area contributed by atoms with E-state index in [1.807, 2.05) is 6.92 Å². The fourth-order valence-corrected chi connectivity index (χ4v) is 2.90. The van der Waals surface area contributed by atoms with Gasteiger partial charge in [-0.2, -0.15) is 0 Å². The molecule has 2 nitrogen and oxygen atoms in total. The highest BCUT2D eigenvalue weighted by Gasteiger charge is 2.14. The van der Waals surface area contributed by atoms with Crippen molar-refractivity contribution in [3.05, 3.63) is 20.3 Å². The van der Waals surface area contributed by atoms with Crippen LogP contribution in [0.2, 0.25) is 0 Å². The van der Waals surface area contributed by atoms with E-state index in [9.17, 15) is 0 Å². The Hall–Kier alpha value is -0.340. The third kappa shape index (κ3) is 3.32. The topological polar surface area (TPSA) is 38.0 Å². The van der Waals surface area contributed by atoms with Gasteiger partial charge in [-0.3, -0.25) is 5.32 Å². The van der Waals surface area contributed by atoms with E-state index in [1.165, 1.54) is 9.75 Å². The monoisotopic (exact) mass is 286 g/mol. The van der Waals surface area contributed by atoms with Gasteiger partial charge in [-0.15, -0.1) is 17.8 Å². The molecule has 1 rings (SSSR count). The van der Waals surface area contributed by atoms with E-state index in [0.29, 0.717) is 6.54 Å². The van der Waals surface area contributed by atoms with Crippen LogP contribution in [0.1, 0.15) is 22.7 Å². The summed E-state index contributed by atoms with van der Waals surface area (Å²) in [6, 6.07) is 2.29. The first kappa shape index (κ1) is 12.7. The van der Waals surface area contributed by atoms with Crippen LogP contribution in [0, 0.1) is 19.3 Å². The number of aryl methyl sites for hydroxylation is 1. The normalized spacial score (nSPS) is 14.6. The van der Waals surface area contributed by atoms with Crippen molar-refractivity contribution in [2.45, 2.75) is 25.9 Å². The highest BCUT2D eigenvalue weighted by Crippen LogP contribution is 2.30. The van der Waals surface area contributed by atoms with Gasteiger partial charge in [0.1, 0.15) is 0 Å². The van der Waals surface area contributed by atoms with Crippen LogP contribution in [0.4, 0.5) is 0 Å². The number of hydrogen-bond acceptors (Lipinski definition) is 3. The zero-order chi connectivity index (χ0) is 11.4. The Balaban J connectivity index is 2.79. The zero-order valence-corrected chi connectivity index (χ0v) is 11.3. The molecule has 4 heteroatoms. The van der Waals surface area contributed by atoms with Crippen LogP contribution >= 0.6 is 27.3 Å². The Kier molecular flexibility index (Phi) is 4.81. The van der Waals surface area contributed by atoms with Crippen LogP contribution in [0.5, 0.6) is 0 Å². The van der Waals surface area contributed by atoms with Crippen molar-refractivity contribution < 1.29 is 0 Å². The highest BCUT2D eigenvalue weighted by molar-refractivity contribution is 9.10. The van der Waals surface area contributed by atoms with Crippen LogP contribution in [0.25, 0.3) is 0 Å². The predicted molar refractivity (Wildman–Crippen MR) is 70.0 cm³/mol. The lowest BCUT2D eigenvalue weighted by atomic mass is 10.2. The molecule has 3 N–H and O–H groups in total. The van der Waals surface area contributed by atoms with Crippen molar-refractivity contribution in [1.82, 2.24) is 5.32 Å². The number of rotatable bonds is 4. The molecule has 0 aliphatic carbocycles. The molecule has 1 aromatic rings. The minimum absolute atomic E-state index is 0.0414. The Morgan fingerprint density at radius 1 is 1.73 bits per heavy atom. The number of nitrogens with two attached hydrogens (primary N) is 1. The summed E-state index contributed by atoms with van der Waals surface area (Å²) >= 11 is 5.24. The van der Waals surface area contributed by atoms with Gasteiger partial charge in [0, 0.05) is 20.8 Å². The smallest absolute Gasteiger partial charge is 0.0663 e. The Labute approximate surface area is 103 Å². The van der Waals surface area contributed by atoms with Crippen molar-refractivity contribution in [3.8, 4) is 12.3 Å². The molecule has 15 heavy (non-hydrogen) atoms. The van der Waals surface area contributed by atoms with Crippen LogP contribution in [0.3, 0.4) is 0 Å². The number of nitrogens with one attached hydrogen (secondary N) is 1. The first-order valence-electron chi connectivity index (χ1n) is 4.76. The van der Waals surface area contributed by atoms with Crippen LogP contribution in [-0.2, 0) is 0 Å². The van der Waals surface area contributed by atoms with E-state index in [0.717, 1.165) is 4.47 Å². The maximum atomic E-state index is 5.73. The van der Waals surface area contributed by atoms with Crippen molar-refractivity contribution in [3.63, 3.8) is 0 Å². The second kappa shape index (κ2) is 5.66. The van der Waals surface area contributed by atoms with Gasteiger partial charge in [0.05, 0.1) is 12.1 Å². The summed E-state index contributed by atoms with van der Waals surface area (Å²) in [7, 11) is 0. The molecule has 0 bridgehead atoms. The Morgan fingerprint density at radius 3 is 2.80 bits per heavy atom. The van der Waals surface area contributed by atoms with Crippen molar-refractivity contribution in [2.75, 3.05) is 6.54 Å². The maximum absolute atomic E-state index is 5.73. The fourth-order valence-electron chi connectivity index (χ4n) is 1.27.